The lowest BCUT2D eigenvalue weighted by atomic mass is 9.88. The van der Waals surface area contributed by atoms with Gasteiger partial charge in [-0.15, -0.1) is 0 Å². The van der Waals surface area contributed by atoms with Gasteiger partial charge in [0.05, 0.1) is 12.6 Å². The lowest BCUT2D eigenvalue weighted by Gasteiger charge is -2.44. The first-order valence-corrected chi connectivity index (χ1v) is 8.23. The molecule has 2 heterocycles. The fraction of sp³-hybridized carbons (Fsp3) is 0.529. The van der Waals surface area contributed by atoms with E-state index in [1.165, 1.54) is 17.0 Å². The van der Waals surface area contributed by atoms with Crippen LogP contribution in [0.3, 0.4) is 0 Å². The van der Waals surface area contributed by atoms with Crippen LogP contribution in [-0.2, 0) is 4.79 Å². The first kappa shape index (κ1) is 16.7. The van der Waals surface area contributed by atoms with Gasteiger partial charge in [-0.25, -0.2) is 9.18 Å². The molecule has 0 radical (unpaired) electrons. The topological polar surface area (TPSA) is 72.9 Å². The second-order valence-corrected chi connectivity index (χ2v) is 6.43. The molecule has 2 aliphatic rings. The van der Waals surface area contributed by atoms with Gasteiger partial charge in [0.1, 0.15) is 5.82 Å². The third kappa shape index (κ3) is 3.21. The molecule has 0 aliphatic carbocycles. The molecule has 0 aromatic heterocycles. The zero-order valence-electron chi connectivity index (χ0n) is 13.7. The minimum absolute atomic E-state index is 0.0182. The summed E-state index contributed by atoms with van der Waals surface area (Å²) >= 11 is 0. The van der Waals surface area contributed by atoms with Crippen molar-refractivity contribution < 1.29 is 19.1 Å². The number of likely N-dealkylation sites (tertiary alicyclic amines) is 1. The number of carboxylic acid groups (broad SMARTS) is 1. The van der Waals surface area contributed by atoms with E-state index in [-0.39, 0.29) is 23.8 Å². The smallest absolute Gasteiger partial charge is 0.407 e. The molecule has 2 fully saturated rings. The first-order chi connectivity index (χ1) is 11.5. The summed E-state index contributed by atoms with van der Waals surface area (Å²) in [5.74, 6) is -0.271. The number of halogens is 1. The summed E-state index contributed by atoms with van der Waals surface area (Å²) in [6.45, 7) is 3.90. The highest BCUT2D eigenvalue weighted by atomic mass is 19.1. The van der Waals surface area contributed by atoms with E-state index in [0.717, 1.165) is 17.7 Å². The lowest BCUT2D eigenvalue weighted by Crippen LogP contribution is -2.56. The number of benzene rings is 1. The molecular formula is C17H22FN3O3. The van der Waals surface area contributed by atoms with Crippen LogP contribution in [0.1, 0.15) is 30.0 Å². The molecule has 1 aromatic carbocycles. The average Bonchev–Trinajstić information content (AvgIpc) is 2.54. The lowest BCUT2D eigenvalue weighted by molar-refractivity contribution is -0.135. The third-order valence-corrected chi connectivity index (χ3v) is 4.98. The number of aryl methyl sites for hydroxylation is 1. The number of rotatable bonds is 2. The van der Waals surface area contributed by atoms with Gasteiger partial charge in [-0.2, -0.15) is 0 Å². The summed E-state index contributed by atoms with van der Waals surface area (Å²) < 4.78 is 13.4. The number of carbonyl (C=O) groups is 2. The molecule has 1 unspecified atom stereocenters. The van der Waals surface area contributed by atoms with Gasteiger partial charge in [0, 0.05) is 25.7 Å². The summed E-state index contributed by atoms with van der Waals surface area (Å²) in [4.78, 5) is 27.0. The van der Waals surface area contributed by atoms with Crippen LogP contribution in [-0.4, -0.2) is 59.1 Å². The Morgan fingerprint density at radius 3 is 2.83 bits per heavy atom. The van der Waals surface area contributed by atoms with Gasteiger partial charge in [0.25, 0.3) is 0 Å². The zero-order chi connectivity index (χ0) is 17.3. The van der Waals surface area contributed by atoms with Crippen LogP contribution in [0.15, 0.2) is 18.2 Å². The van der Waals surface area contributed by atoms with Gasteiger partial charge in [0.15, 0.2) is 0 Å². The second kappa shape index (κ2) is 6.76. The van der Waals surface area contributed by atoms with Crippen molar-refractivity contribution in [3.63, 3.8) is 0 Å². The van der Waals surface area contributed by atoms with Crippen molar-refractivity contribution in [2.45, 2.75) is 31.8 Å². The van der Waals surface area contributed by atoms with E-state index >= 15 is 0 Å². The number of piperidine rings is 1. The predicted molar refractivity (Wildman–Crippen MR) is 86.2 cm³/mol. The maximum Gasteiger partial charge on any atom is 0.407 e. The Hall–Kier alpha value is -2.15. The first-order valence-electron chi connectivity index (χ1n) is 8.23. The number of piperazine rings is 1. The molecule has 130 valence electrons. The second-order valence-electron chi connectivity index (χ2n) is 6.43. The molecule has 3 rings (SSSR count). The number of hydrogen-bond donors (Lipinski definition) is 2. The summed E-state index contributed by atoms with van der Waals surface area (Å²) in [6, 6.07) is 4.11. The molecule has 1 aromatic rings. The van der Waals surface area contributed by atoms with Crippen LogP contribution in [0.5, 0.6) is 0 Å². The quantitative estimate of drug-likeness (QED) is 0.864. The normalized spacial score (nSPS) is 25.0. The Balaban J connectivity index is 1.87. The molecule has 2 N–H and O–H groups in total. The number of carbonyl (C=O) groups excluding carboxylic acids is 1. The monoisotopic (exact) mass is 335 g/mol. The number of amides is 2. The Bertz CT molecular complexity index is 652. The van der Waals surface area contributed by atoms with Crippen LogP contribution in [0.2, 0.25) is 0 Å². The van der Waals surface area contributed by atoms with Gasteiger partial charge in [-0.1, -0.05) is 6.07 Å². The summed E-state index contributed by atoms with van der Waals surface area (Å²) in [5, 5.41) is 12.6. The highest BCUT2D eigenvalue weighted by molar-refractivity contribution is 5.79. The fourth-order valence-corrected chi connectivity index (χ4v) is 3.77. The zero-order valence-corrected chi connectivity index (χ0v) is 13.7. The Labute approximate surface area is 140 Å². The van der Waals surface area contributed by atoms with Crippen molar-refractivity contribution in [3.05, 3.63) is 35.1 Å². The van der Waals surface area contributed by atoms with Gasteiger partial charge >= 0.3 is 6.09 Å². The van der Waals surface area contributed by atoms with Gasteiger partial charge in [-0.05, 0) is 43.0 Å². The molecule has 2 saturated heterocycles. The molecule has 2 atom stereocenters. The Morgan fingerprint density at radius 2 is 2.17 bits per heavy atom. The summed E-state index contributed by atoms with van der Waals surface area (Å²) in [7, 11) is 0. The SMILES string of the molecule is Cc1cc(F)ccc1C1C[C@@H](N2CCNCC2=O)CCN1C(=O)O. The molecule has 6 nitrogen and oxygen atoms in total. The highest BCUT2D eigenvalue weighted by Crippen LogP contribution is 2.35. The van der Waals surface area contributed by atoms with E-state index in [4.69, 9.17) is 0 Å². The molecule has 2 amide bonds. The van der Waals surface area contributed by atoms with E-state index in [2.05, 4.69) is 5.32 Å². The van der Waals surface area contributed by atoms with Gasteiger partial charge < -0.3 is 20.2 Å². The van der Waals surface area contributed by atoms with E-state index in [1.807, 2.05) is 4.90 Å². The maximum atomic E-state index is 13.4. The highest BCUT2D eigenvalue weighted by Gasteiger charge is 2.37. The van der Waals surface area contributed by atoms with Crippen LogP contribution < -0.4 is 5.32 Å². The van der Waals surface area contributed by atoms with Crippen molar-refractivity contribution >= 4 is 12.0 Å². The van der Waals surface area contributed by atoms with Crippen molar-refractivity contribution in [2.75, 3.05) is 26.2 Å². The minimum atomic E-state index is -0.978. The number of nitrogens with one attached hydrogen (secondary N) is 1. The standard InChI is InChI=1S/C17H22FN3O3/c1-11-8-12(18)2-3-14(11)15-9-13(4-6-21(15)17(23)24)20-7-5-19-10-16(20)22/h2-3,8,13,15,19H,4-7,9-10H2,1H3,(H,23,24)/t13-,15?/m0/s1. The van der Waals surface area contributed by atoms with Gasteiger partial charge in [-0.3, -0.25) is 4.79 Å². The van der Waals surface area contributed by atoms with E-state index in [9.17, 15) is 19.1 Å². The van der Waals surface area contributed by atoms with Crippen LogP contribution in [0, 0.1) is 12.7 Å². The van der Waals surface area contributed by atoms with Crippen LogP contribution >= 0.6 is 0 Å². The number of hydrogen-bond acceptors (Lipinski definition) is 3. The van der Waals surface area contributed by atoms with Crippen molar-refractivity contribution in [1.82, 2.24) is 15.1 Å². The van der Waals surface area contributed by atoms with Crippen LogP contribution in [0.4, 0.5) is 9.18 Å². The largest absolute Gasteiger partial charge is 0.465 e. The minimum Gasteiger partial charge on any atom is -0.465 e. The molecule has 24 heavy (non-hydrogen) atoms. The molecule has 0 bridgehead atoms. The molecule has 0 spiro atoms. The Morgan fingerprint density at radius 1 is 1.38 bits per heavy atom. The number of nitrogens with zero attached hydrogens (tertiary/aromatic N) is 2. The maximum absolute atomic E-state index is 13.4. The summed E-state index contributed by atoms with van der Waals surface area (Å²) in [6.07, 6.45) is 0.202. The third-order valence-electron chi connectivity index (χ3n) is 4.98. The Kier molecular flexibility index (Phi) is 4.71. The molecule has 7 heteroatoms. The molecule has 2 aliphatic heterocycles. The molecule has 0 saturated carbocycles. The predicted octanol–water partition coefficient (Wildman–Crippen LogP) is 1.75. The fourth-order valence-electron chi connectivity index (χ4n) is 3.77. The van der Waals surface area contributed by atoms with E-state index in [0.29, 0.717) is 32.5 Å². The van der Waals surface area contributed by atoms with Crippen molar-refractivity contribution in [3.8, 4) is 0 Å². The molecular weight excluding hydrogens is 313 g/mol. The van der Waals surface area contributed by atoms with Crippen molar-refractivity contribution in [1.29, 1.82) is 0 Å². The van der Waals surface area contributed by atoms with Gasteiger partial charge in [0.2, 0.25) is 5.91 Å². The van der Waals surface area contributed by atoms with Crippen molar-refractivity contribution in [2.24, 2.45) is 0 Å². The van der Waals surface area contributed by atoms with E-state index in [1.54, 1.807) is 13.0 Å². The van der Waals surface area contributed by atoms with E-state index < -0.39 is 6.09 Å². The van der Waals surface area contributed by atoms with Crippen LogP contribution in [0.25, 0.3) is 0 Å². The average molecular weight is 335 g/mol. The summed E-state index contributed by atoms with van der Waals surface area (Å²) in [5.41, 5.74) is 1.55.